The fourth-order valence-corrected chi connectivity index (χ4v) is 1.47. The summed E-state index contributed by atoms with van der Waals surface area (Å²) >= 11 is 4.95. The number of hydrogen-bond donors (Lipinski definition) is 2. The molecule has 2 rings (SSSR count). The summed E-state index contributed by atoms with van der Waals surface area (Å²) in [6, 6.07) is 22.0. The van der Waals surface area contributed by atoms with Crippen LogP contribution in [0.5, 0.6) is 0 Å². The molecule has 0 spiro atoms. The van der Waals surface area contributed by atoms with Gasteiger partial charge in [0.05, 0.1) is 18.5 Å². The van der Waals surface area contributed by atoms with Crippen molar-refractivity contribution in [3.63, 3.8) is 0 Å². The van der Waals surface area contributed by atoms with E-state index in [0.717, 1.165) is 6.54 Å². The van der Waals surface area contributed by atoms with E-state index in [4.69, 9.17) is 22.6 Å². The number of alkyl halides is 1. The summed E-state index contributed by atoms with van der Waals surface area (Å²) in [5.41, 5.74) is 7.75. The van der Waals surface area contributed by atoms with Crippen LogP contribution in [0.3, 0.4) is 0 Å². The SMILES string of the molecule is C#CCCl.Cl.N#CCNCc1ccccc1.NCc1ccccc1. The number of halogens is 2. The van der Waals surface area contributed by atoms with Gasteiger partial charge in [-0.2, -0.15) is 5.26 Å². The first-order valence-electron chi connectivity index (χ1n) is 7.13. The maximum absolute atomic E-state index is 8.23. The minimum absolute atomic E-state index is 0. The third kappa shape index (κ3) is 14.9. The average Bonchev–Trinajstić information content (AvgIpc) is 2.64. The highest BCUT2D eigenvalue weighted by Crippen LogP contribution is 1.96. The van der Waals surface area contributed by atoms with Crippen molar-refractivity contribution in [1.29, 1.82) is 5.26 Å². The molecule has 0 amide bonds. The first-order chi connectivity index (χ1) is 11.3. The van der Waals surface area contributed by atoms with Crippen LogP contribution in [0.1, 0.15) is 11.1 Å². The van der Waals surface area contributed by atoms with Crippen molar-refractivity contribution in [2.24, 2.45) is 5.73 Å². The van der Waals surface area contributed by atoms with Crippen LogP contribution in [0.25, 0.3) is 0 Å². The van der Waals surface area contributed by atoms with Gasteiger partial charge in [0, 0.05) is 13.1 Å². The van der Waals surface area contributed by atoms with E-state index < -0.39 is 0 Å². The van der Waals surface area contributed by atoms with Gasteiger partial charge in [-0.3, -0.25) is 0 Å². The molecule has 3 nitrogen and oxygen atoms in total. The predicted molar refractivity (Wildman–Crippen MR) is 105 cm³/mol. The zero-order valence-electron chi connectivity index (χ0n) is 13.5. The number of nitrogens with one attached hydrogen (secondary N) is 1. The summed E-state index contributed by atoms with van der Waals surface area (Å²) < 4.78 is 0. The molecule has 0 saturated heterocycles. The van der Waals surface area contributed by atoms with Crippen LogP contribution in [-0.4, -0.2) is 12.4 Å². The Kier molecular flexibility index (Phi) is 19.2. The number of terminal acetylenes is 1. The summed E-state index contributed by atoms with van der Waals surface area (Å²) in [5.74, 6) is 2.52. The molecule has 0 aliphatic rings. The normalized spacial score (nSPS) is 8.00. The number of hydrogen-bond acceptors (Lipinski definition) is 3. The lowest BCUT2D eigenvalue weighted by atomic mass is 10.2. The molecule has 0 bridgehead atoms. The van der Waals surface area contributed by atoms with Crippen LogP contribution < -0.4 is 11.1 Å². The van der Waals surface area contributed by atoms with Gasteiger partial charge in [-0.1, -0.05) is 66.6 Å². The average molecular weight is 364 g/mol. The number of nitrogens with two attached hydrogens (primary N) is 1. The first-order valence-corrected chi connectivity index (χ1v) is 7.67. The van der Waals surface area contributed by atoms with Gasteiger partial charge < -0.3 is 11.1 Å². The Hall–Kier alpha value is -2.01. The maximum Gasteiger partial charge on any atom is 0.0843 e. The van der Waals surface area contributed by atoms with Gasteiger partial charge >= 0.3 is 0 Å². The Bertz CT molecular complexity index is 575. The molecule has 24 heavy (non-hydrogen) atoms. The third-order valence-electron chi connectivity index (χ3n) is 2.53. The zero-order chi connectivity index (χ0) is 17.2. The molecule has 3 N–H and O–H groups in total. The zero-order valence-corrected chi connectivity index (χ0v) is 15.1. The second kappa shape index (κ2) is 19.0. The number of nitrogens with zero attached hydrogens (tertiary/aromatic N) is 1. The molecule has 0 saturated carbocycles. The van der Waals surface area contributed by atoms with E-state index in [1.165, 1.54) is 11.1 Å². The lowest BCUT2D eigenvalue weighted by Crippen LogP contribution is -2.12. The summed E-state index contributed by atoms with van der Waals surface area (Å²) in [5, 5.41) is 11.2. The quantitative estimate of drug-likeness (QED) is 0.376. The van der Waals surface area contributed by atoms with Crippen LogP contribution in [-0.2, 0) is 13.1 Å². The topological polar surface area (TPSA) is 61.8 Å². The van der Waals surface area contributed by atoms with E-state index in [-0.39, 0.29) is 12.4 Å². The molecule has 0 fully saturated rings. The van der Waals surface area contributed by atoms with Gasteiger partial charge in [0.1, 0.15) is 0 Å². The standard InChI is InChI=1S/C9H10N2.C7H9N.C3H3Cl.ClH/c10-6-7-11-8-9-4-2-1-3-5-9;8-6-7-4-2-1-3-5-7;1-2-3-4;/h1-5,11H,7-8H2;1-5H,6,8H2;1H,3H2;1H. The van der Waals surface area contributed by atoms with Gasteiger partial charge in [0.2, 0.25) is 0 Å². The molecule has 0 aliphatic heterocycles. The van der Waals surface area contributed by atoms with E-state index in [1.54, 1.807) is 0 Å². The first kappa shape index (κ1) is 24.2. The van der Waals surface area contributed by atoms with Crippen molar-refractivity contribution in [3.8, 4) is 18.4 Å². The lowest BCUT2D eigenvalue weighted by molar-refractivity contribution is 0.765. The highest BCUT2D eigenvalue weighted by Gasteiger charge is 1.87. The summed E-state index contributed by atoms with van der Waals surface area (Å²) in [4.78, 5) is 0. The van der Waals surface area contributed by atoms with Gasteiger partial charge in [0.25, 0.3) is 0 Å². The fourth-order valence-electron chi connectivity index (χ4n) is 1.47. The minimum Gasteiger partial charge on any atom is -0.326 e. The van der Waals surface area contributed by atoms with Crippen LogP contribution >= 0.6 is 24.0 Å². The number of rotatable bonds is 4. The molecule has 0 radical (unpaired) electrons. The Morgan fingerprint density at radius 3 is 1.79 bits per heavy atom. The van der Waals surface area contributed by atoms with Gasteiger partial charge in [-0.05, 0) is 11.1 Å². The van der Waals surface area contributed by atoms with E-state index >= 15 is 0 Å². The molecular formula is C19H23Cl2N3. The van der Waals surface area contributed by atoms with Crippen molar-refractivity contribution in [2.75, 3.05) is 12.4 Å². The molecule has 2 aromatic rings. The Morgan fingerprint density at radius 2 is 1.46 bits per heavy atom. The van der Waals surface area contributed by atoms with Crippen molar-refractivity contribution in [1.82, 2.24) is 5.32 Å². The molecule has 0 atom stereocenters. The second-order valence-corrected chi connectivity index (χ2v) is 4.54. The van der Waals surface area contributed by atoms with E-state index in [2.05, 4.69) is 17.7 Å². The van der Waals surface area contributed by atoms with Crippen molar-refractivity contribution in [3.05, 3.63) is 71.8 Å². The van der Waals surface area contributed by atoms with Crippen LogP contribution in [0.15, 0.2) is 60.7 Å². The summed E-state index contributed by atoms with van der Waals surface area (Å²) in [7, 11) is 0. The minimum atomic E-state index is 0. The fraction of sp³-hybridized carbons (Fsp3) is 0.211. The molecule has 0 heterocycles. The third-order valence-corrected chi connectivity index (χ3v) is 2.69. The van der Waals surface area contributed by atoms with Crippen molar-refractivity contribution >= 4 is 24.0 Å². The number of benzene rings is 2. The van der Waals surface area contributed by atoms with Crippen molar-refractivity contribution in [2.45, 2.75) is 13.1 Å². The Morgan fingerprint density at radius 1 is 1.00 bits per heavy atom. The molecular weight excluding hydrogens is 341 g/mol. The highest BCUT2D eigenvalue weighted by molar-refractivity contribution is 6.19. The maximum atomic E-state index is 8.23. The van der Waals surface area contributed by atoms with E-state index in [0.29, 0.717) is 19.0 Å². The molecule has 2 aromatic carbocycles. The molecule has 0 aliphatic carbocycles. The lowest BCUT2D eigenvalue weighted by Gasteiger charge is -1.98. The van der Waals surface area contributed by atoms with Gasteiger partial charge in [0.15, 0.2) is 0 Å². The smallest absolute Gasteiger partial charge is 0.0843 e. The second-order valence-electron chi connectivity index (χ2n) is 4.27. The summed E-state index contributed by atoms with van der Waals surface area (Å²) in [6.45, 7) is 1.82. The van der Waals surface area contributed by atoms with Crippen LogP contribution in [0, 0.1) is 23.7 Å². The van der Waals surface area contributed by atoms with Crippen molar-refractivity contribution < 1.29 is 0 Å². The van der Waals surface area contributed by atoms with Gasteiger partial charge in [-0.25, -0.2) is 0 Å². The Balaban J connectivity index is 0. The van der Waals surface area contributed by atoms with Crippen LogP contribution in [0.4, 0.5) is 0 Å². The molecule has 5 heteroatoms. The molecule has 0 unspecified atom stereocenters. The molecule has 128 valence electrons. The van der Waals surface area contributed by atoms with E-state index in [9.17, 15) is 0 Å². The van der Waals surface area contributed by atoms with Gasteiger partial charge in [-0.15, -0.1) is 30.4 Å². The number of nitriles is 1. The Labute approximate surface area is 156 Å². The summed E-state index contributed by atoms with van der Waals surface area (Å²) in [6.07, 6.45) is 4.65. The largest absolute Gasteiger partial charge is 0.326 e. The monoisotopic (exact) mass is 363 g/mol. The highest BCUT2D eigenvalue weighted by atomic mass is 35.5. The molecule has 0 aromatic heterocycles. The van der Waals surface area contributed by atoms with E-state index in [1.807, 2.05) is 66.7 Å². The van der Waals surface area contributed by atoms with Crippen LogP contribution in [0.2, 0.25) is 0 Å². The predicted octanol–water partition coefficient (Wildman–Crippen LogP) is 3.73.